The normalized spacial score (nSPS) is 12.9. The van der Waals surface area contributed by atoms with Crippen molar-refractivity contribution in [3.63, 3.8) is 0 Å². The van der Waals surface area contributed by atoms with Crippen molar-refractivity contribution in [3.8, 4) is 0 Å². The molecule has 1 atom stereocenters. The Morgan fingerprint density at radius 2 is 2.17 bits per heavy atom. The molecule has 0 saturated carbocycles. The van der Waals surface area contributed by atoms with E-state index >= 15 is 0 Å². The molecule has 0 amide bonds. The molecule has 12 heavy (non-hydrogen) atoms. The standard InChI is InChI=1S/C11H23N/c1-5-12-9-11(4)8-6-7-10(2)3/h11-12H,2,5-9H2,1,3-4H3. The van der Waals surface area contributed by atoms with Crippen LogP contribution in [0, 0.1) is 5.92 Å². The fraction of sp³-hybridized carbons (Fsp3) is 0.818. The lowest BCUT2D eigenvalue weighted by atomic mass is 10.0. The van der Waals surface area contributed by atoms with Gasteiger partial charge in [-0.3, -0.25) is 0 Å². The van der Waals surface area contributed by atoms with Gasteiger partial charge in [-0.25, -0.2) is 0 Å². The zero-order valence-electron chi connectivity index (χ0n) is 8.82. The fourth-order valence-electron chi connectivity index (χ4n) is 1.25. The van der Waals surface area contributed by atoms with Gasteiger partial charge in [0.25, 0.3) is 0 Å². The van der Waals surface area contributed by atoms with Crippen LogP contribution in [0.25, 0.3) is 0 Å². The summed E-state index contributed by atoms with van der Waals surface area (Å²) >= 11 is 0. The van der Waals surface area contributed by atoms with Gasteiger partial charge in [0.05, 0.1) is 0 Å². The van der Waals surface area contributed by atoms with Crippen LogP contribution in [0.3, 0.4) is 0 Å². The summed E-state index contributed by atoms with van der Waals surface area (Å²) in [5, 5.41) is 3.36. The molecule has 0 aromatic heterocycles. The lowest BCUT2D eigenvalue weighted by Crippen LogP contribution is -2.20. The summed E-state index contributed by atoms with van der Waals surface area (Å²) in [6, 6.07) is 0. The predicted octanol–water partition coefficient (Wildman–Crippen LogP) is 2.98. The Morgan fingerprint density at radius 3 is 2.67 bits per heavy atom. The number of rotatable bonds is 7. The third kappa shape index (κ3) is 7.80. The topological polar surface area (TPSA) is 12.0 Å². The van der Waals surface area contributed by atoms with E-state index in [1.165, 1.54) is 24.8 Å². The summed E-state index contributed by atoms with van der Waals surface area (Å²) in [6.07, 6.45) is 3.80. The van der Waals surface area contributed by atoms with E-state index < -0.39 is 0 Å². The van der Waals surface area contributed by atoms with Crippen molar-refractivity contribution < 1.29 is 0 Å². The van der Waals surface area contributed by atoms with Gasteiger partial charge in [0.15, 0.2) is 0 Å². The minimum atomic E-state index is 0.810. The van der Waals surface area contributed by atoms with Crippen LogP contribution in [0.1, 0.15) is 40.0 Å². The Morgan fingerprint density at radius 1 is 1.50 bits per heavy atom. The maximum Gasteiger partial charge on any atom is -0.00233 e. The molecule has 1 nitrogen and oxygen atoms in total. The highest BCUT2D eigenvalue weighted by Gasteiger charge is 1.99. The maximum atomic E-state index is 3.90. The fourth-order valence-corrected chi connectivity index (χ4v) is 1.25. The zero-order chi connectivity index (χ0) is 9.40. The van der Waals surface area contributed by atoms with Crippen LogP contribution < -0.4 is 5.32 Å². The third-order valence-corrected chi connectivity index (χ3v) is 2.04. The molecule has 0 aliphatic carbocycles. The van der Waals surface area contributed by atoms with Gasteiger partial charge in [0, 0.05) is 0 Å². The molecule has 0 heterocycles. The molecule has 0 rings (SSSR count). The van der Waals surface area contributed by atoms with Crippen LogP contribution >= 0.6 is 0 Å². The largest absolute Gasteiger partial charge is 0.317 e. The highest BCUT2D eigenvalue weighted by Crippen LogP contribution is 2.10. The van der Waals surface area contributed by atoms with E-state index in [1.807, 2.05) is 0 Å². The second kappa shape index (κ2) is 7.35. The SMILES string of the molecule is C=C(C)CCCC(C)CNCC. The van der Waals surface area contributed by atoms with Gasteiger partial charge in [-0.15, -0.1) is 6.58 Å². The Hall–Kier alpha value is -0.300. The second-order valence-electron chi connectivity index (χ2n) is 3.76. The minimum Gasteiger partial charge on any atom is -0.317 e. The van der Waals surface area contributed by atoms with Gasteiger partial charge >= 0.3 is 0 Å². The third-order valence-electron chi connectivity index (χ3n) is 2.04. The highest BCUT2D eigenvalue weighted by atomic mass is 14.8. The molecule has 0 spiro atoms. The summed E-state index contributed by atoms with van der Waals surface area (Å²) in [5.41, 5.74) is 1.31. The van der Waals surface area contributed by atoms with E-state index in [0.717, 1.165) is 19.0 Å². The summed E-state index contributed by atoms with van der Waals surface area (Å²) in [4.78, 5) is 0. The van der Waals surface area contributed by atoms with Crippen molar-refractivity contribution >= 4 is 0 Å². The average molecular weight is 169 g/mol. The summed E-state index contributed by atoms with van der Waals surface area (Å²) in [7, 11) is 0. The molecule has 1 heteroatoms. The smallest absolute Gasteiger partial charge is 0.00233 e. The van der Waals surface area contributed by atoms with E-state index in [-0.39, 0.29) is 0 Å². The zero-order valence-corrected chi connectivity index (χ0v) is 8.82. The number of hydrogen-bond acceptors (Lipinski definition) is 1. The molecule has 0 fully saturated rings. The predicted molar refractivity (Wildman–Crippen MR) is 56.4 cm³/mol. The summed E-state index contributed by atoms with van der Waals surface area (Å²) in [6.45, 7) is 12.7. The van der Waals surface area contributed by atoms with Crippen molar-refractivity contribution in [2.24, 2.45) is 5.92 Å². The quantitative estimate of drug-likeness (QED) is 0.578. The first-order valence-electron chi connectivity index (χ1n) is 5.02. The second-order valence-corrected chi connectivity index (χ2v) is 3.76. The van der Waals surface area contributed by atoms with Crippen molar-refractivity contribution in [3.05, 3.63) is 12.2 Å². The van der Waals surface area contributed by atoms with Crippen molar-refractivity contribution in [1.29, 1.82) is 0 Å². The van der Waals surface area contributed by atoms with E-state index in [9.17, 15) is 0 Å². The van der Waals surface area contributed by atoms with Crippen LogP contribution in [-0.4, -0.2) is 13.1 Å². The van der Waals surface area contributed by atoms with Crippen LogP contribution in [0.2, 0.25) is 0 Å². The lowest BCUT2D eigenvalue weighted by molar-refractivity contribution is 0.473. The van der Waals surface area contributed by atoms with Crippen LogP contribution in [0.4, 0.5) is 0 Å². The first-order valence-corrected chi connectivity index (χ1v) is 5.02. The highest BCUT2D eigenvalue weighted by molar-refractivity contribution is 4.87. The van der Waals surface area contributed by atoms with Gasteiger partial charge < -0.3 is 5.32 Å². The first-order chi connectivity index (χ1) is 5.66. The minimum absolute atomic E-state index is 0.810. The molecule has 0 bridgehead atoms. The van der Waals surface area contributed by atoms with E-state index in [1.54, 1.807) is 0 Å². The summed E-state index contributed by atoms with van der Waals surface area (Å²) < 4.78 is 0. The number of nitrogens with one attached hydrogen (secondary N) is 1. The molecular formula is C11H23N. The molecule has 1 unspecified atom stereocenters. The monoisotopic (exact) mass is 169 g/mol. The van der Waals surface area contributed by atoms with Gasteiger partial charge in [-0.05, 0) is 45.2 Å². The van der Waals surface area contributed by atoms with E-state index in [0.29, 0.717) is 0 Å². The maximum absolute atomic E-state index is 3.90. The molecule has 0 aliphatic rings. The molecule has 72 valence electrons. The lowest BCUT2D eigenvalue weighted by Gasteiger charge is -2.10. The number of allylic oxidation sites excluding steroid dienone is 1. The Kier molecular flexibility index (Phi) is 7.17. The molecule has 0 aromatic rings. The molecule has 0 saturated heterocycles. The van der Waals surface area contributed by atoms with Gasteiger partial charge in [0.2, 0.25) is 0 Å². The van der Waals surface area contributed by atoms with Gasteiger partial charge in [0.1, 0.15) is 0 Å². The van der Waals surface area contributed by atoms with Crippen molar-refractivity contribution in [2.45, 2.75) is 40.0 Å². The van der Waals surface area contributed by atoms with Gasteiger partial charge in [-0.1, -0.05) is 19.4 Å². The Balaban J connectivity index is 3.19. The van der Waals surface area contributed by atoms with Crippen LogP contribution in [0.15, 0.2) is 12.2 Å². The molecule has 0 aliphatic heterocycles. The van der Waals surface area contributed by atoms with E-state index in [2.05, 4.69) is 32.7 Å². The Bertz CT molecular complexity index is 118. The molecule has 0 aromatic carbocycles. The van der Waals surface area contributed by atoms with Crippen LogP contribution in [-0.2, 0) is 0 Å². The first kappa shape index (κ1) is 11.7. The molecule has 0 radical (unpaired) electrons. The molecular weight excluding hydrogens is 146 g/mol. The van der Waals surface area contributed by atoms with Crippen LogP contribution in [0.5, 0.6) is 0 Å². The Labute approximate surface area is 77.2 Å². The van der Waals surface area contributed by atoms with Crippen molar-refractivity contribution in [1.82, 2.24) is 5.32 Å². The number of hydrogen-bond donors (Lipinski definition) is 1. The van der Waals surface area contributed by atoms with E-state index in [4.69, 9.17) is 0 Å². The summed E-state index contributed by atoms with van der Waals surface area (Å²) in [5.74, 6) is 0.810. The van der Waals surface area contributed by atoms with Crippen molar-refractivity contribution in [2.75, 3.05) is 13.1 Å². The van der Waals surface area contributed by atoms with Gasteiger partial charge in [-0.2, -0.15) is 0 Å². The molecule has 1 N–H and O–H groups in total. The average Bonchev–Trinajstić information content (AvgIpc) is 2.00.